The van der Waals surface area contributed by atoms with Crippen LogP contribution in [0.5, 0.6) is 0 Å². The van der Waals surface area contributed by atoms with Gasteiger partial charge in [-0.25, -0.2) is 0 Å². The Hall–Kier alpha value is -1.59. The largest absolute Gasteiger partial charge is 0.346 e. The summed E-state index contributed by atoms with van der Waals surface area (Å²) in [7, 11) is 0. The molecule has 1 heterocycles. The molecule has 5 nitrogen and oxygen atoms in total. The number of benzene rings is 1. The molecule has 0 spiro atoms. The SMILES string of the molecule is CC1Cc2ccccc2N1C(=O)CNC(=O)CN.Cl. The average Bonchev–Trinajstić information content (AvgIpc) is 2.71. The molecule has 0 bridgehead atoms. The lowest BCUT2D eigenvalue weighted by atomic mass is 10.1. The second-order valence-corrected chi connectivity index (χ2v) is 4.43. The number of amides is 2. The van der Waals surface area contributed by atoms with Gasteiger partial charge in [-0.3, -0.25) is 9.59 Å². The first-order valence-electron chi connectivity index (χ1n) is 6.00. The van der Waals surface area contributed by atoms with Gasteiger partial charge in [0.05, 0.1) is 13.1 Å². The molecule has 6 heteroatoms. The number of nitrogens with zero attached hydrogens (tertiary/aromatic N) is 1. The van der Waals surface area contributed by atoms with Crippen LogP contribution in [0.2, 0.25) is 0 Å². The van der Waals surface area contributed by atoms with Crippen LogP contribution in [-0.2, 0) is 16.0 Å². The van der Waals surface area contributed by atoms with Crippen molar-refractivity contribution in [2.75, 3.05) is 18.0 Å². The van der Waals surface area contributed by atoms with Crippen LogP contribution in [0.15, 0.2) is 24.3 Å². The molecule has 1 aliphatic rings. The molecule has 19 heavy (non-hydrogen) atoms. The van der Waals surface area contributed by atoms with Crippen LogP contribution < -0.4 is 16.0 Å². The van der Waals surface area contributed by atoms with Crippen LogP contribution >= 0.6 is 12.4 Å². The fraction of sp³-hybridized carbons (Fsp3) is 0.385. The predicted octanol–water partition coefficient (Wildman–Crippen LogP) is 0.461. The summed E-state index contributed by atoms with van der Waals surface area (Å²) in [5.74, 6) is -0.419. The molecule has 0 radical (unpaired) electrons. The van der Waals surface area contributed by atoms with E-state index in [1.54, 1.807) is 4.90 Å². The molecule has 3 N–H and O–H groups in total. The molecule has 1 unspecified atom stereocenters. The van der Waals surface area contributed by atoms with Crippen LogP contribution in [-0.4, -0.2) is 30.9 Å². The molecule has 2 rings (SSSR count). The Kier molecular flexibility index (Phi) is 5.32. The highest BCUT2D eigenvalue weighted by molar-refractivity contribution is 5.99. The summed E-state index contributed by atoms with van der Waals surface area (Å²) in [6.45, 7) is 1.90. The Morgan fingerprint density at radius 3 is 2.79 bits per heavy atom. The molecule has 0 saturated carbocycles. The van der Waals surface area contributed by atoms with Crippen molar-refractivity contribution < 1.29 is 9.59 Å². The average molecular weight is 284 g/mol. The maximum Gasteiger partial charge on any atom is 0.246 e. The third-order valence-corrected chi connectivity index (χ3v) is 3.10. The van der Waals surface area contributed by atoms with E-state index in [4.69, 9.17) is 5.73 Å². The van der Waals surface area contributed by atoms with Crippen molar-refractivity contribution in [3.05, 3.63) is 29.8 Å². The summed E-state index contributed by atoms with van der Waals surface area (Å²) in [5, 5.41) is 2.51. The number of anilines is 1. The standard InChI is InChI=1S/C13H17N3O2.ClH/c1-9-6-10-4-2-3-5-11(10)16(9)13(18)8-15-12(17)7-14;/h2-5,9H,6-8,14H2,1H3,(H,15,17);1H. The molecule has 0 aliphatic carbocycles. The minimum absolute atomic E-state index is 0. The number of carbonyl (C=O) groups excluding carboxylic acids is 2. The van der Waals surface area contributed by atoms with Gasteiger partial charge < -0.3 is 16.0 Å². The van der Waals surface area contributed by atoms with Crippen LogP contribution in [0.3, 0.4) is 0 Å². The van der Waals surface area contributed by atoms with Crippen LogP contribution in [0, 0.1) is 0 Å². The van der Waals surface area contributed by atoms with E-state index in [2.05, 4.69) is 5.32 Å². The second kappa shape index (κ2) is 6.54. The Morgan fingerprint density at radius 1 is 1.42 bits per heavy atom. The van der Waals surface area contributed by atoms with Crippen molar-refractivity contribution in [1.82, 2.24) is 5.32 Å². The highest BCUT2D eigenvalue weighted by atomic mass is 35.5. The molecule has 1 aromatic rings. The Bertz CT molecular complexity index is 479. The summed E-state index contributed by atoms with van der Waals surface area (Å²) in [5.41, 5.74) is 7.29. The number of rotatable bonds is 3. The maximum absolute atomic E-state index is 12.1. The molecular weight excluding hydrogens is 266 g/mol. The van der Waals surface area contributed by atoms with Gasteiger partial charge in [0, 0.05) is 11.7 Å². The van der Waals surface area contributed by atoms with Crippen molar-refractivity contribution in [3.63, 3.8) is 0 Å². The Morgan fingerprint density at radius 2 is 2.11 bits per heavy atom. The predicted molar refractivity (Wildman–Crippen MR) is 76.4 cm³/mol. The number of carbonyl (C=O) groups is 2. The van der Waals surface area contributed by atoms with Crippen LogP contribution in [0.1, 0.15) is 12.5 Å². The van der Waals surface area contributed by atoms with Crippen molar-refractivity contribution in [2.24, 2.45) is 5.73 Å². The zero-order valence-corrected chi connectivity index (χ0v) is 11.6. The zero-order chi connectivity index (χ0) is 13.1. The highest BCUT2D eigenvalue weighted by Crippen LogP contribution is 2.31. The van der Waals surface area contributed by atoms with Gasteiger partial charge in [0.2, 0.25) is 11.8 Å². The number of halogens is 1. The molecule has 2 amide bonds. The first-order chi connectivity index (χ1) is 8.63. The van der Waals surface area contributed by atoms with E-state index in [1.807, 2.05) is 31.2 Å². The van der Waals surface area contributed by atoms with Crippen molar-refractivity contribution >= 4 is 29.9 Å². The van der Waals surface area contributed by atoms with E-state index in [9.17, 15) is 9.59 Å². The Balaban J connectivity index is 0.00000180. The van der Waals surface area contributed by atoms with E-state index in [0.717, 1.165) is 12.1 Å². The molecule has 0 fully saturated rings. The third kappa shape index (κ3) is 3.24. The normalized spacial score (nSPS) is 16.5. The lowest BCUT2D eigenvalue weighted by molar-refractivity contribution is -0.124. The van der Waals surface area contributed by atoms with Gasteiger partial charge in [-0.05, 0) is 25.0 Å². The highest BCUT2D eigenvalue weighted by Gasteiger charge is 2.30. The van der Waals surface area contributed by atoms with E-state index >= 15 is 0 Å². The summed E-state index contributed by atoms with van der Waals surface area (Å²) in [4.78, 5) is 24.9. The van der Waals surface area contributed by atoms with Crippen molar-refractivity contribution in [1.29, 1.82) is 0 Å². The topological polar surface area (TPSA) is 75.4 Å². The number of nitrogens with one attached hydrogen (secondary N) is 1. The smallest absolute Gasteiger partial charge is 0.246 e. The fourth-order valence-corrected chi connectivity index (χ4v) is 2.28. The lowest BCUT2D eigenvalue weighted by Crippen LogP contribution is -2.44. The van der Waals surface area contributed by atoms with Gasteiger partial charge >= 0.3 is 0 Å². The molecule has 104 valence electrons. The first-order valence-corrected chi connectivity index (χ1v) is 6.00. The zero-order valence-electron chi connectivity index (χ0n) is 10.8. The minimum Gasteiger partial charge on any atom is -0.346 e. The third-order valence-electron chi connectivity index (χ3n) is 3.10. The van der Waals surface area contributed by atoms with Gasteiger partial charge in [-0.2, -0.15) is 0 Å². The van der Waals surface area contributed by atoms with E-state index < -0.39 is 0 Å². The monoisotopic (exact) mass is 283 g/mol. The number of para-hydroxylation sites is 1. The lowest BCUT2D eigenvalue weighted by Gasteiger charge is -2.22. The number of hydrogen-bond donors (Lipinski definition) is 2. The number of fused-ring (bicyclic) bond motifs is 1. The molecule has 1 aromatic carbocycles. The molecule has 0 saturated heterocycles. The summed E-state index contributed by atoms with van der Waals surface area (Å²) < 4.78 is 0. The van der Waals surface area contributed by atoms with Gasteiger partial charge in [0.25, 0.3) is 0 Å². The number of hydrogen-bond acceptors (Lipinski definition) is 3. The van der Waals surface area contributed by atoms with Gasteiger partial charge in [0.15, 0.2) is 0 Å². The maximum atomic E-state index is 12.1. The summed E-state index contributed by atoms with van der Waals surface area (Å²) in [6.07, 6.45) is 0.854. The van der Waals surface area contributed by atoms with E-state index in [-0.39, 0.29) is 43.4 Å². The van der Waals surface area contributed by atoms with Gasteiger partial charge in [-0.15, -0.1) is 12.4 Å². The summed E-state index contributed by atoms with van der Waals surface area (Å²) in [6, 6.07) is 7.97. The fourth-order valence-electron chi connectivity index (χ4n) is 2.28. The molecule has 0 aromatic heterocycles. The van der Waals surface area contributed by atoms with Crippen LogP contribution in [0.4, 0.5) is 5.69 Å². The molecular formula is C13H18ClN3O2. The Labute approximate surface area is 118 Å². The van der Waals surface area contributed by atoms with E-state index in [1.165, 1.54) is 5.56 Å². The number of nitrogens with two attached hydrogens (primary N) is 1. The van der Waals surface area contributed by atoms with Crippen LogP contribution in [0.25, 0.3) is 0 Å². The molecule has 1 aliphatic heterocycles. The summed E-state index contributed by atoms with van der Waals surface area (Å²) >= 11 is 0. The van der Waals surface area contributed by atoms with Gasteiger partial charge in [0.1, 0.15) is 0 Å². The molecule has 1 atom stereocenters. The minimum atomic E-state index is -0.316. The second-order valence-electron chi connectivity index (χ2n) is 4.43. The van der Waals surface area contributed by atoms with E-state index in [0.29, 0.717) is 0 Å². The quantitative estimate of drug-likeness (QED) is 0.846. The first kappa shape index (κ1) is 15.5. The van der Waals surface area contributed by atoms with Crippen molar-refractivity contribution in [2.45, 2.75) is 19.4 Å². The van der Waals surface area contributed by atoms with Crippen molar-refractivity contribution in [3.8, 4) is 0 Å². The van der Waals surface area contributed by atoms with Gasteiger partial charge in [-0.1, -0.05) is 18.2 Å².